The van der Waals surface area contributed by atoms with Gasteiger partial charge in [-0.25, -0.2) is 9.78 Å². The summed E-state index contributed by atoms with van der Waals surface area (Å²) < 4.78 is 7.31. The van der Waals surface area contributed by atoms with E-state index in [1.807, 2.05) is 36.4 Å². The highest BCUT2D eigenvalue weighted by atomic mass is 35.5. The standard InChI is InChI=1S/C16H15ClN2O3S/c1-4-22-12-6-5-10(7-11(12)17)13-8(2)19-9(3)14(15(20)21)23-16(19)18-13/h5-7H,4H2,1-3H3,(H,20,21). The summed E-state index contributed by atoms with van der Waals surface area (Å²) in [5, 5.41) is 9.75. The molecule has 23 heavy (non-hydrogen) atoms. The van der Waals surface area contributed by atoms with Crippen molar-refractivity contribution in [2.24, 2.45) is 0 Å². The van der Waals surface area contributed by atoms with Gasteiger partial charge < -0.3 is 9.84 Å². The van der Waals surface area contributed by atoms with Crippen molar-refractivity contribution in [1.29, 1.82) is 0 Å². The van der Waals surface area contributed by atoms with Crippen molar-refractivity contribution in [1.82, 2.24) is 9.38 Å². The van der Waals surface area contributed by atoms with Gasteiger partial charge in [-0.1, -0.05) is 22.9 Å². The maximum atomic E-state index is 11.2. The first-order chi connectivity index (χ1) is 10.9. The van der Waals surface area contributed by atoms with Crippen LogP contribution in [0.3, 0.4) is 0 Å². The number of rotatable bonds is 4. The molecule has 0 amide bonds. The Kier molecular flexibility index (Phi) is 4.04. The fraction of sp³-hybridized carbons (Fsp3) is 0.250. The third-order valence-corrected chi connectivity index (χ3v) is 5.06. The second-order valence-electron chi connectivity index (χ2n) is 5.06. The highest BCUT2D eigenvalue weighted by Crippen LogP contribution is 2.34. The summed E-state index contributed by atoms with van der Waals surface area (Å²) in [6, 6.07) is 5.55. The number of carbonyl (C=O) groups is 1. The van der Waals surface area contributed by atoms with Gasteiger partial charge in [0.25, 0.3) is 0 Å². The fourth-order valence-corrected chi connectivity index (χ4v) is 3.84. The number of aromatic nitrogens is 2. The van der Waals surface area contributed by atoms with Crippen molar-refractivity contribution in [3.63, 3.8) is 0 Å². The number of aryl methyl sites for hydroxylation is 2. The number of imidazole rings is 1. The Morgan fingerprint density at radius 3 is 2.70 bits per heavy atom. The second-order valence-corrected chi connectivity index (χ2v) is 6.45. The number of nitrogens with zero attached hydrogens (tertiary/aromatic N) is 2. The normalized spacial score (nSPS) is 11.1. The molecule has 0 unspecified atom stereocenters. The number of hydrogen-bond donors (Lipinski definition) is 1. The van der Waals surface area contributed by atoms with Gasteiger partial charge in [-0.3, -0.25) is 4.40 Å². The van der Waals surface area contributed by atoms with Crippen LogP contribution in [0.5, 0.6) is 5.75 Å². The molecule has 1 N–H and O–H groups in total. The molecule has 0 aliphatic rings. The molecule has 0 spiro atoms. The van der Waals surface area contributed by atoms with E-state index >= 15 is 0 Å². The van der Waals surface area contributed by atoms with Gasteiger partial charge in [0.1, 0.15) is 10.6 Å². The number of fused-ring (bicyclic) bond motifs is 1. The average molecular weight is 351 g/mol. The van der Waals surface area contributed by atoms with Crippen LogP contribution in [0.2, 0.25) is 5.02 Å². The van der Waals surface area contributed by atoms with Crippen LogP contribution in [-0.2, 0) is 0 Å². The zero-order chi connectivity index (χ0) is 16.7. The van der Waals surface area contributed by atoms with Gasteiger partial charge in [0.15, 0.2) is 4.96 Å². The number of thiazole rings is 1. The average Bonchev–Trinajstić information content (AvgIpc) is 2.99. The second kappa shape index (κ2) is 5.86. The van der Waals surface area contributed by atoms with Crippen molar-refractivity contribution in [2.45, 2.75) is 20.8 Å². The number of halogens is 1. The van der Waals surface area contributed by atoms with Gasteiger partial charge in [-0.05, 0) is 39.0 Å². The van der Waals surface area contributed by atoms with Crippen molar-refractivity contribution in [3.05, 3.63) is 39.5 Å². The highest BCUT2D eigenvalue weighted by Gasteiger charge is 2.20. The molecule has 3 aromatic rings. The van der Waals surface area contributed by atoms with Crippen LogP contribution >= 0.6 is 22.9 Å². The van der Waals surface area contributed by atoms with Crippen LogP contribution in [0, 0.1) is 13.8 Å². The minimum atomic E-state index is -0.928. The summed E-state index contributed by atoms with van der Waals surface area (Å²) in [6.07, 6.45) is 0. The molecule has 0 aliphatic carbocycles. The molecule has 7 heteroatoms. The molecule has 0 atom stereocenters. The summed E-state index contributed by atoms with van der Waals surface area (Å²) in [4.78, 5) is 16.8. The summed E-state index contributed by atoms with van der Waals surface area (Å²) in [5.41, 5.74) is 3.25. The molecule has 0 bridgehead atoms. The Hall–Kier alpha value is -2.05. The molecule has 0 radical (unpaired) electrons. The molecule has 5 nitrogen and oxygen atoms in total. The fourth-order valence-electron chi connectivity index (χ4n) is 2.60. The number of aromatic carboxylic acids is 1. The Balaban J connectivity index is 2.12. The Labute approximate surface area is 142 Å². The first-order valence-electron chi connectivity index (χ1n) is 7.08. The first-order valence-corrected chi connectivity index (χ1v) is 8.28. The Bertz CT molecular complexity index is 914. The van der Waals surface area contributed by atoms with Gasteiger partial charge >= 0.3 is 5.97 Å². The molecular weight excluding hydrogens is 336 g/mol. The molecule has 0 saturated heterocycles. The summed E-state index contributed by atoms with van der Waals surface area (Å²) >= 11 is 7.42. The quantitative estimate of drug-likeness (QED) is 0.756. The molecular formula is C16H15ClN2O3S. The monoisotopic (exact) mass is 350 g/mol. The van der Waals surface area contributed by atoms with Gasteiger partial charge in [0.05, 0.1) is 17.3 Å². The predicted octanol–water partition coefficient (Wildman–Crippen LogP) is 4.43. The van der Waals surface area contributed by atoms with E-state index in [0.29, 0.717) is 32.9 Å². The lowest BCUT2D eigenvalue weighted by atomic mass is 10.1. The Morgan fingerprint density at radius 1 is 1.39 bits per heavy atom. The molecule has 3 rings (SSSR count). The molecule has 120 valence electrons. The minimum Gasteiger partial charge on any atom is -0.492 e. The van der Waals surface area contributed by atoms with E-state index in [-0.39, 0.29) is 0 Å². The van der Waals surface area contributed by atoms with E-state index in [2.05, 4.69) is 4.98 Å². The maximum Gasteiger partial charge on any atom is 0.347 e. The highest BCUT2D eigenvalue weighted by molar-refractivity contribution is 7.19. The van der Waals surface area contributed by atoms with E-state index in [1.165, 1.54) is 11.3 Å². The number of benzene rings is 1. The van der Waals surface area contributed by atoms with Crippen molar-refractivity contribution < 1.29 is 14.6 Å². The topological polar surface area (TPSA) is 63.8 Å². The van der Waals surface area contributed by atoms with Gasteiger partial charge in [-0.15, -0.1) is 0 Å². The van der Waals surface area contributed by atoms with Gasteiger partial charge in [0, 0.05) is 17.0 Å². The molecule has 0 fully saturated rings. The van der Waals surface area contributed by atoms with Crippen LogP contribution in [0.1, 0.15) is 28.0 Å². The number of carboxylic acid groups (broad SMARTS) is 1. The maximum absolute atomic E-state index is 11.2. The van der Waals surface area contributed by atoms with Gasteiger partial charge in [-0.2, -0.15) is 0 Å². The predicted molar refractivity (Wildman–Crippen MR) is 91.1 cm³/mol. The van der Waals surface area contributed by atoms with Crippen LogP contribution in [0.25, 0.3) is 16.2 Å². The van der Waals surface area contributed by atoms with Crippen molar-refractivity contribution >= 4 is 33.9 Å². The molecule has 0 aliphatic heterocycles. The Morgan fingerprint density at radius 2 is 2.13 bits per heavy atom. The third-order valence-electron chi connectivity index (χ3n) is 3.63. The molecule has 0 saturated carbocycles. The zero-order valence-corrected chi connectivity index (χ0v) is 14.5. The molecule has 1 aromatic carbocycles. The summed E-state index contributed by atoms with van der Waals surface area (Å²) in [6.45, 7) is 6.16. The van der Waals surface area contributed by atoms with Crippen molar-refractivity contribution in [3.8, 4) is 17.0 Å². The lowest BCUT2D eigenvalue weighted by Gasteiger charge is -2.07. The van der Waals surface area contributed by atoms with Gasteiger partial charge in [0.2, 0.25) is 0 Å². The largest absolute Gasteiger partial charge is 0.492 e. The summed E-state index contributed by atoms with van der Waals surface area (Å²) in [5.74, 6) is -0.288. The number of carboxylic acids is 1. The van der Waals surface area contributed by atoms with E-state index < -0.39 is 5.97 Å². The number of ether oxygens (including phenoxy) is 1. The minimum absolute atomic E-state index is 0.312. The smallest absolute Gasteiger partial charge is 0.347 e. The zero-order valence-electron chi connectivity index (χ0n) is 12.9. The lowest BCUT2D eigenvalue weighted by Crippen LogP contribution is -1.98. The van der Waals surface area contributed by atoms with Crippen molar-refractivity contribution in [2.75, 3.05) is 6.61 Å². The molecule has 2 aromatic heterocycles. The number of hydrogen-bond acceptors (Lipinski definition) is 4. The van der Waals surface area contributed by atoms with E-state index in [4.69, 9.17) is 16.3 Å². The van der Waals surface area contributed by atoms with Crippen LogP contribution in [-0.4, -0.2) is 27.1 Å². The summed E-state index contributed by atoms with van der Waals surface area (Å²) in [7, 11) is 0. The van der Waals surface area contributed by atoms with Crippen LogP contribution in [0.15, 0.2) is 18.2 Å². The van der Waals surface area contributed by atoms with Crippen LogP contribution in [0.4, 0.5) is 0 Å². The molecule has 2 heterocycles. The lowest BCUT2D eigenvalue weighted by molar-refractivity contribution is 0.0701. The first kappa shape index (κ1) is 15.8. The SMILES string of the molecule is CCOc1ccc(-c2nc3sc(C(=O)O)c(C)n3c2C)cc1Cl. The third kappa shape index (κ3) is 2.58. The van der Waals surface area contributed by atoms with E-state index in [9.17, 15) is 9.90 Å². The van der Waals surface area contributed by atoms with E-state index in [1.54, 1.807) is 6.92 Å². The van der Waals surface area contributed by atoms with Crippen LogP contribution < -0.4 is 4.74 Å². The van der Waals surface area contributed by atoms with E-state index in [0.717, 1.165) is 17.0 Å².